The second-order valence-corrected chi connectivity index (χ2v) is 6.22. The van der Waals surface area contributed by atoms with Gasteiger partial charge in [-0.1, -0.05) is 12.1 Å². The monoisotopic (exact) mass is 307 g/mol. The lowest BCUT2D eigenvalue weighted by molar-refractivity contribution is 0.0206. The molecule has 0 aromatic heterocycles. The lowest BCUT2D eigenvalue weighted by Gasteiger charge is -2.18. The Balaban J connectivity index is 1.87. The first-order valence-corrected chi connectivity index (χ1v) is 7.14. The van der Waals surface area contributed by atoms with Crippen molar-refractivity contribution in [3.05, 3.63) is 29.8 Å². The highest BCUT2D eigenvalue weighted by Gasteiger charge is 2.39. The van der Waals surface area contributed by atoms with Gasteiger partial charge in [0.25, 0.3) is 0 Å². The second kappa shape index (κ2) is 6.25. The maximum absolute atomic E-state index is 11.6. The summed E-state index contributed by atoms with van der Waals surface area (Å²) in [5, 5.41) is 2.76. The van der Waals surface area contributed by atoms with E-state index in [0.29, 0.717) is 5.75 Å². The third kappa shape index (κ3) is 4.65. The average molecular weight is 307 g/mol. The van der Waals surface area contributed by atoms with E-state index in [1.807, 2.05) is 12.1 Å². The zero-order valence-corrected chi connectivity index (χ0v) is 13.2. The Morgan fingerprint density at radius 2 is 1.82 bits per heavy atom. The summed E-state index contributed by atoms with van der Waals surface area (Å²) in [6.07, 6.45) is -0.268. The van der Waals surface area contributed by atoms with Gasteiger partial charge < -0.3 is 19.5 Å². The number of amides is 1. The standard InChI is InChI=1S/C16H21NO5/c1-16(2,3)22-15(19)21-11-7-5-10(6-8-11)12-9-13(12)17-14(18)20-4/h5-8,12-13H,9H2,1-4H3,(H,17,18)/t12-,13+/m0/s1. The lowest BCUT2D eigenvalue weighted by atomic mass is 10.1. The van der Waals surface area contributed by atoms with Crippen LogP contribution in [0.1, 0.15) is 38.7 Å². The minimum atomic E-state index is -0.725. The van der Waals surface area contributed by atoms with E-state index in [1.165, 1.54) is 7.11 Å². The number of hydrogen-bond donors (Lipinski definition) is 1. The van der Waals surface area contributed by atoms with Crippen molar-refractivity contribution >= 4 is 12.2 Å². The molecule has 22 heavy (non-hydrogen) atoms. The predicted octanol–water partition coefficient (Wildman–Crippen LogP) is 3.21. The molecule has 1 N–H and O–H groups in total. The van der Waals surface area contributed by atoms with Crippen LogP contribution in [0.25, 0.3) is 0 Å². The smallest absolute Gasteiger partial charge is 0.453 e. The first kappa shape index (κ1) is 16.1. The number of alkyl carbamates (subject to hydrolysis) is 1. The fourth-order valence-electron chi connectivity index (χ4n) is 2.08. The molecule has 0 unspecified atom stereocenters. The summed E-state index contributed by atoms with van der Waals surface area (Å²) in [6.45, 7) is 5.33. The van der Waals surface area contributed by atoms with Crippen molar-refractivity contribution in [2.24, 2.45) is 0 Å². The molecule has 1 aliphatic rings. The first-order valence-electron chi connectivity index (χ1n) is 7.14. The molecule has 120 valence electrons. The molecule has 1 aliphatic carbocycles. The van der Waals surface area contributed by atoms with Crippen LogP contribution in [0.3, 0.4) is 0 Å². The van der Waals surface area contributed by atoms with Gasteiger partial charge in [0.15, 0.2) is 0 Å². The fraction of sp³-hybridized carbons (Fsp3) is 0.500. The van der Waals surface area contributed by atoms with Gasteiger partial charge in [-0.3, -0.25) is 0 Å². The van der Waals surface area contributed by atoms with Gasteiger partial charge in [0, 0.05) is 12.0 Å². The quantitative estimate of drug-likeness (QED) is 0.685. The Hall–Kier alpha value is -2.24. The molecule has 6 nitrogen and oxygen atoms in total. The van der Waals surface area contributed by atoms with Gasteiger partial charge in [-0.15, -0.1) is 0 Å². The maximum Gasteiger partial charge on any atom is 0.514 e. The Labute approximate surface area is 129 Å². The van der Waals surface area contributed by atoms with E-state index in [4.69, 9.17) is 9.47 Å². The van der Waals surface area contributed by atoms with Gasteiger partial charge in [0.1, 0.15) is 11.4 Å². The highest BCUT2D eigenvalue weighted by Crippen LogP contribution is 2.41. The van der Waals surface area contributed by atoms with Crippen molar-refractivity contribution in [1.29, 1.82) is 0 Å². The lowest BCUT2D eigenvalue weighted by Crippen LogP contribution is -2.26. The van der Waals surface area contributed by atoms with E-state index >= 15 is 0 Å². The molecule has 2 rings (SSSR count). The molecule has 2 atom stereocenters. The Morgan fingerprint density at radius 1 is 1.18 bits per heavy atom. The summed E-state index contributed by atoms with van der Waals surface area (Å²) in [4.78, 5) is 22.7. The molecule has 1 saturated carbocycles. The van der Waals surface area contributed by atoms with Crippen LogP contribution in [-0.4, -0.2) is 31.0 Å². The Morgan fingerprint density at radius 3 is 2.36 bits per heavy atom. The minimum absolute atomic E-state index is 0.102. The van der Waals surface area contributed by atoms with E-state index in [9.17, 15) is 9.59 Å². The van der Waals surface area contributed by atoms with Crippen molar-refractivity contribution < 1.29 is 23.8 Å². The van der Waals surface area contributed by atoms with E-state index < -0.39 is 17.8 Å². The summed E-state index contributed by atoms with van der Waals surface area (Å²) in [6, 6.07) is 7.29. The highest BCUT2D eigenvalue weighted by molar-refractivity contribution is 5.68. The van der Waals surface area contributed by atoms with E-state index in [-0.39, 0.29) is 12.0 Å². The molecular weight excluding hydrogens is 286 g/mol. The third-order valence-corrected chi connectivity index (χ3v) is 3.18. The minimum Gasteiger partial charge on any atom is -0.453 e. The third-order valence-electron chi connectivity index (χ3n) is 3.18. The number of carbonyl (C=O) groups excluding carboxylic acids is 2. The number of methoxy groups -OCH3 is 1. The van der Waals surface area contributed by atoms with Crippen LogP contribution in [0.5, 0.6) is 5.75 Å². The summed E-state index contributed by atoms with van der Waals surface area (Å²) in [5.74, 6) is 0.700. The van der Waals surface area contributed by atoms with Crippen molar-refractivity contribution in [2.75, 3.05) is 7.11 Å². The van der Waals surface area contributed by atoms with Crippen molar-refractivity contribution in [1.82, 2.24) is 5.32 Å². The maximum atomic E-state index is 11.6. The topological polar surface area (TPSA) is 73.9 Å². The van der Waals surface area contributed by atoms with Gasteiger partial charge in [0.2, 0.25) is 0 Å². The van der Waals surface area contributed by atoms with Gasteiger partial charge in [-0.2, -0.15) is 0 Å². The zero-order valence-electron chi connectivity index (χ0n) is 13.2. The number of carbonyl (C=O) groups is 2. The number of rotatable bonds is 3. The Bertz CT molecular complexity index is 547. The molecule has 0 spiro atoms. The van der Waals surface area contributed by atoms with Gasteiger partial charge in [0.05, 0.1) is 7.11 Å². The normalized spacial score (nSPS) is 20.0. The van der Waals surface area contributed by atoms with E-state index in [2.05, 4.69) is 10.1 Å². The molecule has 0 saturated heterocycles. The predicted molar refractivity (Wildman–Crippen MR) is 80.0 cm³/mol. The SMILES string of the molecule is COC(=O)N[C@@H]1C[C@H]1c1ccc(OC(=O)OC(C)(C)C)cc1. The number of nitrogens with one attached hydrogen (secondary N) is 1. The van der Waals surface area contributed by atoms with Crippen LogP contribution in [-0.2, 0) is 9.47 Å². The molecule has 1 amide bonds. The first-order chi connectivity index (χ1) is 10.3. The van der Waals surface area contributed by atoms with Crippen LogP contribution in [0, 0.1) is 0 Å². The largest absolute Gasteiger partial charge is 0.514 e. The molecule has 0 aliphatic heterocycles. The number of ether oxygens (including phenoxy) is 3. The molecular formula is C16H21NO5. The van der Waals surface area contributed by atoms with Gasteiger partial charge in [-0.25, -0.2) is 9.59 Å². The molecule has 0 heterocycles. The van der Waals surface area contributed by atoms with Crippen molar-refractivity contribution in [3.63, 3.8) is 0 Å². The van der Waals surface area contributed by atoms with Crippen LogP contribution in [0.4, 0.5) is 9.59 Å². The number of benzene rings is 1. The molecule has 6 heteroatoms. The molecule has 1 aromatic rings. The summed E-state index contributed by atoms with van der Waals surface area (Å²) >= 11 is 0. The summed E-state index contributed by atoms with van der Waals surface area (Å²) < 4.78 is 14.8. The molecule has 0 bridgehead atoms. The van der Waals surface area contributed by atoms with Crippen LogP contribution < -0.4 is 10.1 Å². The van der Waals surface area contributed by atoms with Crippen LogP contribution in [0.2, 0.25) is 0 Å². The average Bonchev–Trinajstić information content (AvgIpc) is 3.16. The van der Waals surface area contributed by atoms with Crippen molar-refractivity contribution in [3.8, 4) is 5.75 Å². The molecule has 1 fully saturated rings. The van der Waals surface area contributed by atoms with Crippen LogP contribution in [0.15, 0.2) is 24.3 Å². The highest BCUT2D eigenvalue weighted by atomic mass is 16.7. The zero-order chi connectivity index (χ0) is 16.3. The van der Waals surface area contributed by atoms with Gasteiger partial charge >= 0.3 is 12.2 Å². The van der Waals surface area contributed by atoms with E-state index in [0.717, 1.165) is 12.0 Å². The van der Waals surface area contributed by atoms with E-state index in [1.54, 1.807) is 32.9 Å². The molecule has 0 radical (unpaired) electrons. The second-order valence-electron chi connectivity index (χ2n) is 6.22. The summed E-state index contributed by atoms with van der Waals surface area (Å²) in [5.41, 5.74) is 0.496. The van der Waals surface area contributed by atoms with Crippen LogP contribution >= 0.6 is 0 Å². The Kier molecular flexibility index (Phi) is 4.59. The molecule has 1 aromatic carbocycles. The van der Waals surface area contributed by atoms with Gasteiger partial charge in [-0.05, 0) is 44.9 Å². The van der Waals surface area contributed by atoms with Crippen molar-refractivity contribution in [2.45, 2.75) is 44.8 Å². The number of hydrogen-bond acceptors (Lipinski definition) is 5. The fourth-order valence-corrected chi connectivity index (χ4v) is 2.08. The summed E-state index contributed by atoms with van der Waals surface area (Å²) in [7, 11) is 1.34.